The predicted molar refractivity (Wildman–Crippen MR) is 38.7 cm³/mol. The number of rotatable bonds is 1. The molecule has 2 nitrogen and oxygen atoms in total. The predicted octanol–water partition coefficient (Wildman–Crippen LogP) is 2.28. The molecule has 72 valence electrons. The summed E-state index contributed by atoms with van der Waals surface area (Å²) < 4.78 is 49.0. The maximum atomic E-state index is 12.9. The molecule has 0 atom stereocenters. The van der Waals surface area contributed by atoms with E-state index in [1.165, 1.54) is 7.05 Å². The minimum atomic E-state index is -4.75. The van der Waals surface area contributed by atoms with Crippen molar-refractivity contribution in [3.8, 4) is 0 Å². The van der Waals surface area contributed by atoms with Gasteiger partial charge in [-0.25, -0.2) is 9.37 Å². The Hall–Kier alpha value is -1.33. The van der Waals surface area contributed by atoms with Gasteiger partial charge in [-0.3, -0.25) is 0 Å². The summed E-state index contributed by atoms with van der Waals surface area (Å²) in [7, 11) is 1.33. The van der Waals surface area contributed by atoms with Gasteiger partial charge in [0.2, 0.25) is 0 Å². The van der Waals surface area contributed by atoms with E-state index in [-0.39, 0.29) is 5.69 Å². The fraction of sp³-hybridized carbons (Fsp3) is 0.286. The Kier molecular flexibility index (Phi) is 2.40. The van der Waals surface area contributed by atoms with E-state index < -0.39 is 17.7 Å². The van der Waals surface area contributed by atoms with Crippen molar-refractivity contribution in [2.24, 2.45) is 0 Å². The van der Waals surface area contributed by atoms with Gasteiger partial charge in [-0.1, -0.05) is 0 Å². The number of pyridine rings is 1. The highest BCUT2D eigenvalue weighted by Crippen LogP contribution is 2.31. The van der Waals surface area contributed by atoms with Crippen LogP contribution in [-0.2, 0) is 6.18 Å². The number of aromatic nitrogens is 1. The molecule has 13 heavy (non-hydrogen) atoms. The first-order valence-electron chi connectivity index (χ1n) is 3.36. The SMILES string of the molecule is CNc1ccnc(C(F)(F)F)c1F. The Morgan fingerprint density at radius 1 is 1.38 bits per heavy atom. The average Bonchev–Trinajstić information content (AvgIpc) is 2.02. The third-order valence-electron chi connectivity index (χ3n) is 1.43. The van der Waals surface area contributed by atoms with Gasteiger partial charge >= 0.3 is 6.18 Å². The van der Waals surface area contributed by atoms with Crippen molar-refractivity contribution in [3.05, 3.63) is 23.8 Å². The minimum absolute atomic E-state index is 0.220. The van der Waals surface area contributed by atoms with Crippen molar-refractivity contribution in [2.45, 2.75) is 6.18 Å². The first kappa shape index (κ1) is 9.76. The monoisotopic (exact) mass is 194 g/mol. The first-order valence-corrected chi connectivity index (χ1v) is 3.36. The molecule has 0 spiro atoms. The van der Waals surface area contributed by atoms with Gasteiger partial charge in [0.15, 0.2) is 11.5 Å². The standard InChI is InChI=1S/C7H6F4N2/c1-12-4-2-3-13-6(5(4)8)7(9,10)11/h2-3H,1H3,(H,12,13). The van der Waals surface area contributed by atoms with E-state index in [0.29, 0.717) is 0 Å². The van der Waals surface area contributed by atoms with E-state index in [1.807, 2.05) is 0 Å². The third kappa shape index (κ3) is 1.88. The second-order valence-electron chi connectivity index (χ2n) is 2.27. The zero-order valence-corrected chi connectivity index (χ0v) is 6.61. The van der Waals surface area contributed by atoms with E-state index in [2.05, 4.69) is 10.3 Å². The molecule has 0 aromatic carbocycles. The highest BCUT2D eigenvalue weighted by Gasteiger charge is 2.36. The Labute approximate surface area is 71.6 Å². The van der Waals surface area contributed by atoms with Crippen molar-refractivity contribution in [1.82, 2.24) is 4.98 Å². The van der Waals surface area contributed by atoms with E-state index in [4.69, 9.17) is 0 Å². The Morgan fingerprint density at radius 2 is 2.00 bits per heavy atom. The molecule has 0 radical (unpaired) electrons. The van der Waals surface area contributed by atoms with Crippen molar-refractivity contribution >= 4 is 5.69 Å². The lowest BCUT2D eigenvalue weighted by Gasteiger charge is -2.08. The van der Waals surface area contributed by atoms with Crippen LogP contribution in [0.5, 0.6) is 0 Å². The summed E-state index contributed by atoms with van der Waals surface area (Å²) in [6.45, 7) is 0. The molecule has 0 unspecified atom stereocenters. The van der Waals surface area contributed by atoms with Gasteiger partial charge in [0.05, 0.1) is 5.69 Å². The zero-order valence-electron chi connectivity index (χ0n) is 6.61. The van der Waals surface area contributed by atoms with Crippen LogP contribution in [0.15, 0.2) is 12.3 Å². The van der Waals surface area contributed by atoms with E-state index in [9.17, 15) is 17.6 Å². The molecule has 0 amide bonds. The number of anilines is 1. The second kappa shape index (κ2) is 3.20. The first-order chi connectivity index (χ1) is 5.96. The van der Waals surface area contributed by atoms with Gasteiger partial charge in [0.25, 0.3) is 0 Å². The molecule has 0 fully saturated rings. The minimum Gasteiger partial charge on any atom is -0.386 e. The molecule has 0 aliphatic rings. The average molecular weight is 194 g/mol. The summed E-state index contributed by atoms with van der Waals surface area (Å²) in [6.07, 6.45) is -3.85. The smallest absolute Gasteiger partial charge is 0.386 e. The molecule has 0 saturated carbocycles. The van der Waals surface area contributed by atoms with Crippen LogP contribution in [0.3, 0.4) is 0 Å². The molecule has 0 aliphatic heterocycles. The number of hydrogen-bond acceptors (Lipinski definition) is 2. The summed E-state index contributed by atoms with van der Waals surface area (Å²) in [5.41, 5.74) is -1.72. The molecule has 1 aromatic heterocycles. The lowest BCUT2D eigenvalue weighted by Crippen LogP contribution is -2.12. The van der Waals surface area contributed by atoms with E-state index >= 15 is 0 Å². The highest BCUT2D eigenvalue weighted by molar-refractivity contribution is 5.44. The zero-order chi connectivity index (χ0) is 10.1. The Morgan fingerprint density at radius 3 is 2.46 bits per heavy atom. The molecular weight excluding hydrogens is 188 g/mol. The number of halogens is 4. The normalized spacial score (nSPS) is 11.5. The molecule has 1 heterocycles. The molecule has 1 rings (SSSR count). The Balaban J connectivity index is 3.24. The topological polar surface area (TPSA) is 24.9 Å². The molecule has 0 aliphatic carbocycles. The molecule has 0 bridgehead atoms. The van der Waals surface area contributed by atoms with Crippen molar-refractivity contribution in [2.75, 3.05) is 12.4 Å². The summed E-state index contributed by atoms with van der Waals surface area (Å²) in [6, 6.07) is 1.13. The Bertz CT molecular complexity index is 308. The molecule has 1 aromatic rings. The van der Waals surface area contributed by atoms with Crippen molar-refractivity contribution < 1.29 is 17.6 Å². The van der Waals surface area contributed by atoms with Crippen LogP contribution in [0, 0.1) is 5.82 Å². The van der Waals surface area contributed by atoms with Gasteiger partial charge in [0, 0.05) is 13.2 Å². The van der Waals surface area contributed by atoms with Crippen LogP contribution in [0.4, 0.5) is 23.2 Å². The number of hydrogen-bond donors (Lipinski definition) is 1. The summed E-state index contributed by atoms with van der Waals surface area (Å²) >= 11 is 0. The van der Waals surface area contributed by atoms with E-state index in [1.54, 1.807) is 0 Å². The lowest BCUT2D eigenvalue weighted by molar-refractivity contribution is -0.143. The van der Waals surface area contributed by atoms with Gasteiger partial charge in [-0.15, -0.1) is 0 Å². The number of alkyl halides is 3. The van der Waals surface area contributed by atoms with Gasteiger partial charge in [-0.2, -0.15) is 13.2 Å². The van der Waals surface area contributed by atoms with Crippen molar-refractivity contribution in [1.29, 1.82) is 0 Å². The quantitative estimate of drug-likeness (QED) is 0.693. The lowest BCUT2D eigenvalue weighted by atomic mass is 10.3. The van der Waals surface area contributed by atoms with Crippen LogP contribution in [0.2, 0.25) is 0 Å². The number of nitrogens with zero attached hydrogens (tertiary/aromatic N) is 1. The molecular formula is C7H6F4N2. The largest absolute Gasteiger partial charge is 0.436 e. The van der Waals surface area contributed by atoms with Crippen LogP contribution in [-0.4, -0.2) is 12.0 Å². The fourth-order valence-electron chi connectivity index (χ4n) is 0.834. The van der Waals surface area contributed by atoms with Gasteiger partial charge < -0.3 is 5.32 Å². The van der Waals surface area contributed by atoms with Gasteiger partial charge in [0.1, 0.15) is 0 Å². The van der Waals surface area contributed by atoms with Gasteiger partial charge in [-0.05, 0) is 6.07 Å². The third-order valence-corrected chi connectivity index (χ3v) is 1.43. The summed E-state index contributed by atoms with van der Waals surface area (Å²) in [5.74, 6) is -1.38. The fourth-order valence-corrected chi connectivity index (χ4v) is 0.834. The second-order valence-corrected chi connectivity index (χ2v) is 2.27. The summed E-state index contributed by atoms with van der Waals surface area (Å²) in [4.78, 5) is 2.92. The van der Waals surface area contributed by atoms with Crippen LogP contribution in [0.25, 0.3) is 0 Å². The highest BCUT2D eigenvalue weighted by atomic mass is 19.4. The molecule has 1 N–H and O–H groups in total. The van der Waals surface area contributed by atoms with E-state index in [0.717, 1.165) is 12.3 Å². The molecule has 0 saturated heterocycles. The maximum Gasteiger partial charge on any atom is 0.436 e. The van der Waals surface area contributed by atoms with Crippen LogP contribution < -0.4 is 5.32 Å². The summed E-state index contributed by atoms with van der Waals surface area (Å²) in [5, 5.41) is 2.29. The van der Waals surface area contributed by atoms with Crippen LogP contribution in [0.1, 0.15) is 5.69 Å². The number of nitrogens with one attached hydrogen (secondary N) is 1. The maximum absolute atomic E-state index is 12.9. The van der Waals surface area contributed by atoms with Crippen molar-refractivity contribution in [3.63, 3.8) is 0 Å². The molecule has 6 heteroatoms. The van der Waals surface area contributed by atoms with Crippen LogP contribution >= 0.6 is 0 Å².